The van der Waals surface area contributed by atoms with Crippen molar-refractivity contribution >= 4 is 24.1 Å². The molecule has 0 bridgehead atoms. The molecule has 3 N–H and O–H groups in total. The van der Waals surface area contributed by atoms with E-state index in [4.69, 9.17) is 24.7 Å². The van der Waals surface area contributed by atoms with Gasteiger partial charge in [-0.15, -0.1) is 0 Å². The lowest BCUT2D eigenvalue weighted by molar-refractivity contribution is -0.140. The van der Waals surface area contributed by atoms with E-state index in [0.717, 1.165) is 6.42 Å². The predicted octanol–water partition coefficient (Wildman–Crippen LogP) is 6.09. The Morgan fingerprint density at radius 2 is 1.39 bits per heavy atom. The van der Waals surface area contributed by atoms with Gasteiger partial charge in [-0.1, -0.05) is 61.0 Å². The molecule has 10 heteroatoms. The molecule has 0 saturated carbocycles. The summed E-state index contributed by atoms with van der Waals surface area (Å²) in [5, 5.41) is 9.80. The number of carboxylic acids is 1. The van der Waals surface area contributed by atoms with Crippen molar-refractivity contribution in [1.82, 2.24) is 0 Å². The number of carbonyl (C=O) groups excluding carboxylic acids is 3. The molecule has 5 atom stereocenters. The highest BCUT2D eigenvalue weighted by Gasteiger charge is 2.36. The van der Waals surface area contributed by atoms with Crippen molar-refractivity contribution in [2.75, 3.05) is 6.61 Å². The zero-order valence-electron chi connectivity index (χ0n) is 25.8. The van der Waals surface area contributed by atoms with Gasteiger partial charge in [0.1, 0.15) is 12.1 Å². The van der Waals surface area contributed by atoms with Crippen LogP contribution in [-0.2, 0) is 23.9 Å². The number of hydrogen-bond donors (Lipinski definition) is 2. The summed E-state index contributed by atoms with van der Waals surface area (Å²) in [6, 6.07) is 3.13. The quantitative estimate of drug-likeness (QED) is 0.164. The van der Waals surface area contributed by atoms with E-state index in [2.05, 4.69) is 0 Å². The van der Waals surface area contributed by atoms with Gasteiger partial charge in [-0.05, 0) is 55.2 Å². The van der Waals surface area contributed by atoms with Gasteiger partial charge < -0.3 is 29.8 Å². The van der Waals surface area contributed by atoms with E-state index in [-0.39, 0.29) is 42.8 Å². The van der Waals surface area contributed by atoms with Crippen molar-refractivity contribution in [3.05, 3.63) is 23.8 Å². The van der Waals surface area contributed by atoms with E-state index in [9.17, 15) is 24.3 Å². The molecule has 232 valence electrons. The number of carbonyl (C=O) groups is 4. The first-order chi connectivity index (χ1) is 19.2. The Balaban J connectivity index is 3.34. The molecule has 0 heterocycles. The van der Waals surface area contributed by atoms with Crippen LogP contribution in [0.4, 0.5) is 4.79 Å². The summed E-state index contributed by atoms with van der Waals surface area (Å²) in [4.78, 5) is 49.4. The summed E-state index contributed by atoms with van der Waals surface area (Å²) in [6.07, 6.45) is 0.795. The van der Waals surface area contributed by atoms with Crippen molar-refractivity contribution in [1.29, 1.82) is 0 Å². The van der Waals surface area contributed by atoms with Crippen LogP contribution >= 0.6 is 0 Å². The Morgan fingerprint density at radius 1 is 0.854 bits per heavy atom. The molecule has 0 aromatic heterocycles. The Kier molecular flexibility index (Phi) is 15.4. The van der Waals surface area contributed by atoms with Crippen molar-refractivity contribution < 1.29 is 43.2 Å². The Labute approximate surface area is 244 Å². The fourth-order valence-corrected chi connectivity index (χ4v) is 3.96. The van der Waals surface area contributed by atoms with Gasteiger partial charge >= 0.3 is 24.1 Å². The number of rotatable bonds is 17. The van der Waals surface area contributed by atoms with E-state index < -0.39 is 48.0 Å². The number of nitrogens with two attached hydrogens (primary N) is 1. The molecule has 0 saturated heterocycles. The molecule has 0 aliphatic heterocycles. The van der Waals surface area contributed by atoms with Crippen LogP contribution in [0.1, 0.15) is 99.0 Å². The van der Waals surface area contributed by atoms with Crippen LogP contribution < -0.4 is 15.2 Å². The molecule has 0 spiro atoms. The lowest BCUT2D eigenvalue weighted by Crippen LogP contribution is -2.42. The third kappa shape index (κ3) is 12.9. The van der Waals surface area contributed by atoms with Crippen molar-refractivity contribution in [3.8, 4) is 11.5 Å². The second kappa shape index (κ2) is 17.6. The number of benzene rings is 1. The van der Waals surface area contributed by atoms with E-state index >= 15 is 0 Å². The fraction of sp³-hybridized carbons (Fsp3) is 0.677. The summed E-state index contributed by atoms with van der Waals surface area (Å²) in [5.74, 6) is -2.90. The Bertz CT molecular complexity index is 1010. The Morgan fingerprint density at radius 3 is 1.88 bits per heavy atom. The normalized spacial score (nSPS) is 15.0. The topological polar surface area (TPSA) is 151 Å². The van der Waals surface area contributed by atoms with Gasteiger partial charge in [0.05, 0.1) is 6.61 Å². The highest BCUT2D eigenvalue weighted by atomic mass is 16.7. The number of ether oxygens (including phenoxy) is 4. The Hall–Kier alpha value is -3.14. The molecule has 0 aliphatic carbocycles. The first-order valence-corrected chi connectivity index (χ1v) is 14.5. The highest BCUT2D eigenvalue weighted by molar-refractivity contribution is 5.77. The van der Waals surface area contributed by atoms with Gasteiger partial charge in [-0.3, -0.25) is 14.4 Å². The molecule has 0 radical (unpaired) electrons. The molecule has 10 nitrogen and oxygen atoms in total. The van der Waals surface area contributed by atoms with Crippen molar-refractivity contribution in [3.63, 3.8) is 0 Å². The number of aliphatic carboxylic acids is 1. The summed E-state index contributed by atoms with van der Waals surface area (Å²) in [5.41, 5.74) is 6.55. The fourth-order valence-electron chi connectivity index (χ4n) is 3.96. The average molecular weight is 580 g/mol. The number of carboxylic acid groups (broad SMARTS) is 1. The molecular weight excluding hydrogens is 530 g/mol. The molecule has 0 amide bonds. The maximum atomic E-state index is 12.6. The summed E-state index contributed by atoms with van der Waals surface area (Å²) in [7, 11) is 0. The highest BCUT2D eigenvalue weighted by Crippen LogP contribution is 2.37. The van der Waals surface area contributed by atoms with Crippen LogP contribution in [0.25, 0.3) is 0 Å². The van der Waals surface area contributed by atoms with Crippen molar-refractivity contribution in [2.45, 2.75) is 106 Å². The van der Waals surface area contributed by atoms with Gasteiger partial charge in [0, 0.05) is 24.7 Å². The van der Waals surface area contributed by atoms with Gasteiger partial charge in [0.2, 0.25) is 0 Å². The molecule has 0 aliphatic rings. The standard InChI is InChI=1S/C31H49NO9/c1-9-20(6)17-38-31(37)39-22(8)21(7)28(29(32)30(35)36)23-12-13-24(40-26(33)14-10-18(2)3)25(16-23)41-27(34)15-11-19(4)5/h12-13,16,18-22,28-29H,9-11,14-15,17,32H2,1-8H3,(H,35,36)/t20?,21?,22?,28?,29-/m0/s1. The smallest absolute Gasteiger partial charge is 0.480 e. The molecule has 1 aromatic rings. The first-order valence-electron chi connectivity index (χ1n) is 14.5. The predicted molar refractivity (Wildman–Crippen MR) is 155 cm³/mol. The van der Waals surface area contributed by atoms with E-state index in [1.807, 2.05) is 41.5 Å². The van der Waals surface area contributed by atoms with Crippen LogP contribution in [0, 0.1) is 23.7 Å². The summed E-state index contributed by atoms with van der Waals surface area (Å²) < 4.78 is 21.8. The van der Waals surface area contributed by atoms with Crippen LogP contribution in [0.15, 0.2) is 18.2 Å². The van der Waals surface area contributed by atoms with Gasteiger partial charge in [0.15, 0.2) is 11.5 Å². The lowest BCUT2D eigenvalue weighted by atomic mass is 9.79. The molecular formula is C31H49NO9. The molecule has 1 rings (SSSR count). The minimum absolute atomic E-state index is 0.00882. The monoisotopic (exact) mass is 579 g/mol. The third-order valence-corrected chi connectivity index (χ3v) is 7.10. The largest absolute Gasteiger partial charge is 0.508 e. The zero-order chi connectivity index (χ0) is 31.3. The third-order valence-electron chi connectivity index (χ3n) is 7.10. The average Bonchev–Trinajstić information content (AvgIpc) is 2.90. The second-order valence-corrected chi connectivity index (χ2v) is 11.7. The number of hydrogen-bond acceptors (Lipinski definition) is 9. The van der Waals surface area contributed by atoms with Crippen LogP contribution in [-0.4, -0.2) is 47.9 Å². The lowest BCUT2D eigenvalue weighted by Gasteiger charge is -2.31. The SMILES string of the molecule is CCC(C)COC(=O)OC(C)C(C)C(c1ccc(OC(=O)CCC(C)C)c(OC(=O)CCC(C)C)c1)[C@H](N)C(=O)O. The maximum Gasteiger partial charge on any atom is 0.508 e. The van der Waals surface area contributed by atoms with E-state index in [1.165, 1.54) is 12.1 Å². The zero-order valence-corrected chi connectivity index (χ0v) is 25.8. The molecule has 0 fully saturated rings. The van der Waals surface area contributed by atoms with Crippen molar-refractivity contribution in [2.24, 2.45) is 29.4 Å². The van der Waals surface area contributed by atoms with Crippen LogP contribution in [0.5, 0.6) is 11.5 Å². The first kappa shape index (κ1) is 35.9. The summed E-state index contributed by atoms with van der Waals surface area (Å²) in [6.45, 7) is 15.4. The maximum absolute atomic E-state index is 12.6. The molecule has 41 heavy (non-hydrogen) atoms. The minimum Gasteiger partial charge on any atom is -0.480 e. The van der Waals surface area contributed by atoms with Gasteiger partial charge in [0.25, 0.3) is 0 Å². The van der Waals surface area contributed by atoms with Gasteiger partial charge in [-0.25, -0.2) is 4.79 Å². The minimum atomic E-state index is -1.38. The second-order valence-electron chi connectivity index (χ2n) is 11.7. The van der Waals surface area contributed by atoms with Crippen LogP contribution in [0.3, 0.4) is 0 Å². The van der Waals surface area contributed by atoms with Gasteiger partial charge in [-0.2, -0.15) is 0 Å². The van der Waals surface area contributed by atoms with E-state index in [0.29, 0.717) is 24.3 Å². The summed E-state index contributed by atoms with van der Waals surface area (Å²) >= 11 is 0. The van der Waals surface area contributed by atoms with E-state index in [1.54, 1.807) is 19.9 Å². The number of esters is 2. The molecule has 1 aromatic carbocycles. The van der Waals surface area contributed by atoms with Crippen LogP contribution in [0.2, 0.25) is 0 Å². The molecule has 4 unspecified atom stereocenters.